The Bertz CT molecular complexity index is 539. The molecule has 1 fully saturated rings. The van der Waals surface area contributed by atoms with Gasteiger partial charge in [0.2, 0.25) is 0 Å². The van der Waals surface area contributed by atoms with E-state index in [0.717, 1.165) is 18.5 Å². The molecule has 0 bridgehead atoms. The van der Waals surface area contributed by atoms with E-state index in [1.54, 1.807) is 11.0 Å². The van der Waals surface area contributed by atoms with E-state index >= 15 is 0 Å². The molecule has 0 aliphatic carbocycles. The topological polar surface area (TPSA) is 65.8 Å². The lowest BCUT2D eigenvalue weighted by atomic mass is 9.95. The van der Waals surface area contributed by atoms with E-state index in [2.05, 4.69) is 17.8 Å². The maximum absolute atomic E-state index is 12.3. The number of piperidine rings is 1. The van der Waals surface area contributed by atoms with Crippen LogP contribution in [0.5, 0.6) is 0 Å². The van der Waals surface area contributed by atoms with Crippen LogP contribution in [0.2, 0.25) is 0 Å². The van der Waals surface area contributed by atoms with Crippen molar-refractivity contribution in [2.45, 2.75) is 58.6 Å². The van der Waals surface area contributed by atoms with Crippen LogP contribution in [0.25, 0.3) is 0 Å². The van der Waals surface area contributed by atoms with Gasteiger partial charge in [-0.25, -0.2) is 10.3 Å². The van der Waals surface area contributed by atoms with Gasteiger partial charge in [0.25, 0.3) is 0 Å². The smallest absolute Gasteiger partial charge is 0.414 e. The van der Waals surface area contributed by atoms with Gasteiger partial charge in [-0.3, -0.25) is 4.90 Å². The molecule has 0 aromatic heterocycles. The number of nitrogens with one attached hydrogen (secondary N) is 1. The molecule has 1 unspecified atom stereocenters. The molecule has 0 aromatic rings. The predicted molar refractivity (Wildman–Crippen MR) is 92.0 cm³/mol. The van der Waals surface area contributed by atoms with Crippen molar-refractivity contribution in [2.24, 2.45) is 5.11 Å². The van der Waals surface area contributed by atoms with Crippen molar-refractivity contribution in [1.29, 1.82) is 5.53 Å². The van der Waals surface area contributed by atoms with Crippen LogP contribution in [0.15, 0.2) is 53.5 Å². The van der Waals surface area contributed by atoms with Crippen molar-refractivity contribution in [3.05, 3.63) is 48.4 Å². The van der Waals surface area contributed by atoms with Crippen LogP contribution >= 0.6 is 0 Å². The van der Waals surface area contributed by atoms with Crippen molar-refractivity contribution in [2.75, 3.05) is 0 Å². The Balaban J connectivity index is 2.64. The summed E-state index contributed by atoms with van der Waals surface area (Å²) in [5.74, 6) is 0. The number of ether oxygens (including phenoxy) is 1. The van der Waals surface area contributed by atoms with Gasteiger partial charge in [0.05, 0.1) is 0 Å². The monoisotopic (exact) mass is 317 g/mol. The third-order valence-corrected chi connectivity index (χ3v) is 3.31. The Hall–Kier alpha value is -2.17. The fraction of sp³-hybridized carbons (Fsp3) is 0.500. The molecule has 1 saturated heterocycles. The molecule has 1 aliphatic rings. The number of carbonyl (C=O) groups is 1. The van der Waals surface area contributed by atoms with E-state index in [4.69, 9.17) is 10.3 Å². The summed E-state index contributed by atoms with van der Waals surface area (Å²) >= 11 is 0. The second kappa shape index (κ2) is 8.46. The molecule has 5 nitrogen and oxygen atoms in total. The number of nitrogens with zero attached hydrogens (tertiary/aromatic N) is 2. The second-order valence-corrected chi connectivity index (χ2v) is 6.64. The average Bonchev–Trinajstić information content (AvgIpc) is 2.40. The first-order valence-electron chi connectivity index (χ1n) is 7.80. The van der Waals surface area contributed by atoms with Gasteiger partial charge in [-0.15, -0.1) is 0 Å². The summed E-state index contributed by atoms with van der Waals surface area (Å²) in [6.45, 7) is 11.6. The van der Waals surface area contributed by atoms with Gasteiger partial charge in [-0.2, -0.15) is 5.11 Å². The normalized spacial score (nSPS) is 21.4. The van der Waals surface area contributed by atoms with Crippen LogP contribution < -0.4 is 0 Å². The molecule has 1 aliphatic heterocycles. The molecule has 1 atom stereocenters. The molecule has 1 amide bonds. The lowest BCUT2D eigenvalue weighted by molar-refractivity contribution is 0.0233. The molecular weight excluding hydrogens is 290 g/mol. The Morgan fingerprint density at radius 3 is 2.74 bits per heavy atom. The van der Waals surface area contributed by atoms with Gasteiger partial charge >= 0.3 is 6.09 Å². The first-order chi connectivity index (χ1) is 10.7. The standard InChI is InChI=1S/C18H27N3O2/c1-14-12-16(10-8-6-7-9-11-20-19)13-15(2)21(14)17(22)23-18(3,4)5/h6-7,9-11,15,19H,1,8,12-13H2,2-5H3/b7-6-,11-9-,16-10-,20-19?. The maximum atomic E-state index is 12.3. The molecule has 0 spiro atoms. The minimum atomic E-state index is -0.503. The van der Waals surface area contributed by atoms with E-state index < -0.39 is 5.60 Å². The zero-order valence-corrected chi connectivity index (χ0v) is 14.5. The minimum Gasteiger partial charge on any atom is -0.443 e. The van der Waals surface area contributed by atoms with Crippen molar-refractivity contribution in [3.63, 3.8) is 0 Å². The molecule has 1 N–H and O–H groups in total. The molecule has 0 aromatic carbocycles. The number of amides is 1. The van der Waals surface area contributed by atoms with Crippen LogP contribution in [-0.2, 0) is 4.74 Å². The Morgan fingerprint density at radius 1 is 1.48 bits per heavy atom. The summed E-state index contributed by atoms with van der Waals surface area (Å²) in [5.41, 5.74) is 8.19. The summed E-state index contributed by atoms with van der Waals surface area (Å²) in [4.78, 5) is 13.9. The Morgan fingerprint density at radius 2 is 2.17 bits per heavy atom. The Kier molecular flexibility index (Phi) is 6.94. The summed E-state index contributed by atoms with van der Waals surface area (Å²) in [7, 11) is 0. The fourth-order valence-corrected chi connectivity index (χ4v) is 2.46. The number of allylic oxidation sites excluding steroid dienone is 5. The number of carbonyl (C=O) groups excluding carboxylic acids is 1. The maximum Gasteiger partial charge on any atom is 0.414 e. The highest BCUT2D eigenvalue weighted by Crippen LogP contribution is 2.30. The number of likely N-dealkylation sites (tertiary alicyclic amines) is 1. The van der Waals surface area contributed by atoms with Crippen LogP contribution in [0.3, 0.4) is 0 Å². The van der Waals surface area contributed by atoms with E-state index in [0.29, 0.717) is 6.42 Å². The number of hydrogen-bond acceptors (Lipinski definition) is 4. The molecule has 0 saturated carbocycles. The van der Waals surface area contributed by atoms with E-state index in [1.807, 2.05) is 39.8 Å². The summed E-state index contributed by atoms with van der Waals surface area (Å²) in [6.07, 6.45) is 11.2. The third-order valence-electron chi connectivity index (χ3n) is 3.31. The largest absolute Gasteiger partial charge is 0.443 e. The predicted octanol–water partition coefficient (Wildman–Crippen LogP) is 5.34. The van der Waals surface area contributed by atoms with Crippen LogP contribution in [0, 0.1) is 5.53 Å². The van der Waals surface area contributed by atoms with E-state index in [9.17, 15) is 4.79 Å². The molecule has 23 heavy (non-hydrogen) atoms. The minimum absolute atomic E-state index is 0.0448. The second-order valence-electron chi connectivity index (χ2n) is 6.64. The lowest BCUT2D eigenvalue weighted by Gasteiger charge is -2.37. The first kappa shape index (κ1) is 18.9. The van der Waals surface area contributed by atoms with Gasteiger partial charge in [0, 0.05) is 24.4 Å². The zero-order chi connectivity index (χ0) is 17.5. The Labute approximate surface area is 138 Å². The SMILES string of the molecule is C=C1C/C(=C/C/C=C\C=C/N=N)CC(C)N1C(=O)OC(C)(C)C. The van der Waals surface area contributed by atoms with Crippen LogP contribution in [-0.4, -0.2) is 22.6 Å². The zero-order valence-electron chi connectivity index (χ0n) is 14.5. The fourth-order valence-electron chi connectivity index (χ4n) is 2.46. The molecule has 126 valence electrons. The molecule has 1 rings (SSSR count). The summed E-state index contributed by atoms with van der Waals surface area (Å²) in [6, 6.07) is 0.0448. The summed E-state index contributed by atoms with van der Waals surface area (Å²) < 4.78 is 5.45. The highest BCUT2D eigenvalue weighted by Gasteiger charge is 2.31. The van der Waals surface area contributed by atoms with Crippen molar-refractivity contribution in [3.8, 4) is 0 Å². The quantitative estimate of drug-likeness (QED) is 0.432. The average molecular weight is 317 g/mol. The van der Waals surface area contributed by atoms with Crippen LogP contribution in [0.1, 0.15) is 47.0 Å². The number of rotatable bonds is 4. The van der Waals surface area contributed by atoms with Gasteiger partial charge < -0.3 is 4.74 Å². The van der Waals surface area contributed by atoms with Gasteiger partial charge in [0.1, 0.15) is 5.60 Å². The molecule has 1 heterocycles. The van der Waals surface area contributed by atoms with Gasteiger partial charge in [-0.1, -0.05) is 30.4 Å². The van der Waals surface area contributed by atoms with Crippen molar-refractivity contribution >= 4 is 6.09 Å². The number of hydrogen-bond donors (Lipinski definition) is 1. The van der Waals surface area contributed by atoms with Gasteiger partial charge in [-0.05, 0) is 46.6 Å². The highest BCUT2D eigenvalue weighted by atomic mass is 16.6. The van der Waals surface area contributed by atoms with E-state index in [1.165, 1.54) is 11.8 Å². The van der Waals surface area contributed by atoms with Gasteiger partial charge in [0.15, 0.2) is 0 Å². The van der Waals surface area contributed by atoms with E-state index in [-0.39, 0.29) is 12.1 Å². The lowest BCUT2D eigenvalue weighted by Crippen LogP contribution is -2.43. The third kappa shape index (κ3) is 6.63. The first-order valence-corrected chi connectivity index (χ1v) is 7.80. The molecular formula is C18H27N3O2. The molecule has 5 heteroatoms. The van der Waals surface area contributed by atoms with Crippen LogP contribution in [0.4, 0.5) is 4.79 Å². The van der Waals surface area contributed by atoms with Crippen molar-refractivity contribution in [1.82, 2.24) is 4.90 Å². The summed E-state index contributed by atoms with van der Waals surface area (Å²) in [5, 5.41) is 3.13. The molecule has 0 radical (unpaired) electrons. The van der Waals surface area contributed by atoms with Crippen molar-refractivity contribution < 1.29 is 9.53 Å². The highest BCUT2D eigenvalue weighted by molar-refractivity contribution is 5.71.